The number of hydrogen-bond donors (Lipinski definition) is 2. The fraction of sp³-hybridized carbons (Fsp3) is 0.545. The van der Waals surface area contributed by atoms with Gasteiger partial charge in [-0.25, -0.2) is 23.5 Å². The molecule has 2 rings (SSSR count). The lowest BCUT2D eigenvalue weighted by Crippen LogP contribution is -2.30. The van der Waals surface area contributed by atoms with Crippen LogP contribution in [0.4, 0.5) is 5.82 Å². The summed E-state index contributed by atoms with van der Waals surface area (Å²) in [6.07, 6.45) is 2.58. The average Bonchev–Trinajstić information content (AvgIpc) is 3.04. The van der Waals surface area contributed by atoms with Gasteiger partial charge >= 0.3 is 0 Å². The summed E-state index contributed by atoms with van der Waals surface area (Å²) in [5.74, 6) is 6.53. The zero-order valence-electron chi connectivity index (χ0n) is 10.8. The number of nitrogens with zero attached hydrogens (tertiary/aromatic N) is 2. The molecule has 1 heterocycles. The van der Waals surface area contributed by atoms with E-state index < -0.39 is 10.0 Å². The van der Waals surface area contributed by atoms with Crippen LogP contribution in [0.15, 0.2) is 21.6 Å². The van der Waals surface area contributed by atoms with Crippen LogP contribution in [0.25, 0.3) is 0 Å². The van der Waals surface area contributed by atoms with Crippen molar-refractivity contribution in [3.63, 3.8) is 0 Å². The minimum atomic E-state index is -3.58. The molecule has 0 radical (unpaired) electrons. The number of pyridine rings is 1. The van der Waals surface area contributed by atoms with Gasteiger partial charge in [-0.05, 0) is 40.3 Å². The highest BCUT2D eigenvalue weighted by atomic mass is 79.9. The molecule has 19 heavy (non-hydrogen) atoms. The molecule has 0 aromatic carbocycles. The maximum atomic E-state index is 12.5. The summed E-state index contributed by atoms with van der Waals surface area (Å²) in [5.41, 5.74) is 2.32. The van der Waals surface area contributed by atoms with Crippen LogP contribution in [0.3, 0.4) is 0 Å². The third-order valence-corrected chi connectivity index (χ3v) is 5.68. The number of halogens is 1. The number of hydrogen-bond acceptors (Lipinski definition) is 5. The molecule has 3 N–H and O–H groups in total. The van der Waals surface area contributed by atoms with Gasteiger partial charge in [0.05, 0.1) is 0 Å². The van der Waals surface area contributed by atoms with E-state index in [0.717, 1.165) is 6.42 Å². The van der Waals surface area contributed by atoms with Crippen molar-refractivity contribution in [2.45, 2.75) is 18.2 Å². The summed E-state index contributed by atoms with van der Waals surface area (Å²) in [4.78, 5) is 4.05. The Labute approximate surface area is 121 Å². The van der Waals surface area contributed by atoms with E-state index in [2.05, 4.69) is 33.3 Å². The van der Waals surface area contributed by atoms with Crippen LogP contribution in [0.2, 0.25) is 0 Å². The number of nitrogen functional groups attached to an aromatic ring is 1. The maximum absolute atomic E-state index is 12.5. The smallest absolute Gasteiger partial charge is 0.246 e. The first-order chi connectivity index (χ1) is 8.86. The Morgan fingerprint density at radius 2 is 2.26 bits per heavy atom. The molecule has 1 saturated carbocycles. The summed E-state index contributed by atoms with van der Waals surface area (Å²) < 4.78 is 27.0. The minimum absolute atomic E-state index is 0.0835. The quantitative estimate of drug-likeness (QED) is 0.620. The lowest BCUT2D eigenvalue weighted by atomic mass is 10.3. The predicted molar refractivity (Wildman–Crippen MR) is 76.8 cm³/mol. The van der Waals surface area contributed by atoms with E-state index in [-0.39, 0.29) is 10.7 Å². The van der Waals surface area contributed by atoms with Gasteiger partial charge in [0.15, 0.2) is 5.82 Å². The van der Waals surface area contributed by atoms with Crippen molar-refractivity contribution in [3.05, 3.63) is 16.7 Å². The van der Waals surface area contributed by atoms with E-state index in [1.807, 2.05) is 0 Å². The van der Waals surface area contributed by atoms with Crippen molar-refractivity contribution in [1.82, 2.24) is 9.29 Å². The number of nitrogens with two attached hydrogens (primary N) is 1. The van der Waals surface area contributed by atoms with E-state index >= 15 is 0 Å². The Kier molecular flexibility index (Phi) is 4.14. The Morgan fingerprint density at radius 1 is 1.63 bits per heavy atom. The maximum Gasteiger partial charge on any atom is 0.246 e. The Bertz CT molecular complexity index is 578. The van der Waals surface area contributed by atoms with Gasteiger partial charge in [0.2, 0.25) is 10.0 Å². The molecule has 1 aliphatic carbocycles. The number of aromatic nitrogens is 1. The molecule has 0 amide bonds. The van der Waals surface area contributed by atoms with Crippen LogP contribution in [0, 0.1) is 11.8 Å². The van der Waals surface area contributed by atoms with E-state index in [1.54, 1.807) is 7.05 Å². The van der Waals surface area contributed by atoms with Gasteiger partial charge in [0, 0.05) is 24.3 Å². The number of hydrazine groups is 1. The van der Waals surface area contributed by atoms with Gasteiger partial charge in [0.25, 0.3) is 0 Å². The fourth-order valence-electron chi connectivity index (χ4n) is 1.98. The molecule has 1 aromatic rings. The second-order valence-corrected chi connectivity index (χ2v) is 7.83. The number of anilines is 1. The highest BCUT2D eigenvalue weighted by molar-refractivity contribution is 9.10. The summed E-state index contributed by atoms with van der Waals surface area (Å²) >= 11 is 3.23. The van der Waals surface area contributed by atoms with Crippen LogP contribution in [-0.2, 0) is 10.0 Å². The monoisotopic (exact) mass is 348 g/mol. The van der Waals surface area contributed by atoms with Gasteiger partial charge in [0.1, 0.15) is 4.90 Å². The molecule has 0 saturated heterocycles. The Morgan fingerprint density at radius 3 is 2.79 bits per heavy atom. The number of rotatable bonds is 5. The average molecular weight is 349 g/mol. The van der Waals surface area contributed by atoms with E-state index in [4.69, 9.17) is 5.84 Å². The molecule has 0 bridgehead atoms. The lowest BCUT2D eigenvalue weighted by molar-refractivity contribution is 0.444. The van der Waals surface area contributed by atoms with Gasteiger partial charge in [-0.1, -0.05) is 6.92 Å². The van der Waals surface area contributed by atoms with Crippen molar-refractivity contribution >= 4 is 31.8 Å². The summed E-state index contributed by atoms with van der Waals surface area (Å²) in [6.45, 7) is 2.65. The number of sulfonamides is 1. The molecule has 1 aromatic heterocycles. The van der Waals surface area contributed by atoms with Crippen LogP contribution in [-0.4, -0.2) is 31.3 Å². The van der Waals surface area contributed by atoms with Crippen molar-refractivity contribution in [1.29, 1.82) is 0 Å². The Balaban J connectivity index is 2.30. The second-order valence-electron chi connectivity index (χ2n) is 4.90. The highest BCUT2D eigenvalue weighted by Crippen LogP contribution is 2.39. The second kappa shape index (κ2) is 5.35. The van der Waals surface area contributed by atoms with E-state index in [9.17, 15) is 8.42 Å². The first-order valence-corrected chi connectivity index (χ1v) is 8.18. The van der Waals surface area contributed by atoms with Gasteiger partial charge < -0.3 is 5.43 Å². The molecule has 1 fully saturated rings. The molecule has 0 aliphatic heterocycles. The normalized spacial score (nSPS) is 22.6. The topological polar surface area (TPSA) is 88.3 Å². The van der Waals surface area contributed by atoms with Crippen molar-refractivity contribution in [3.8, 4) is 0 Å². The molecule has 2 atom stereocenters. The molecular formula is C11H17BrN4O2S. The molecule has 2 unspecified atom stereocenters. The van der Waals surface area contributed by atoms with Crippen molar-refractivity contribution in [2.75, 3.05) is 19.0 Å². The molecule has 106 valence electrons. The van der Waals surface area contributed by atoms with Crippen LogP contribution < -0.4 is 11.3 Å². The van der Waals surface area contributed by atoms with Gasteiger partial charge in [-0.15, -0.1) is 0 Å². The summed E-state index contributed by atoms with van der Waals surface area (Å²) in [5, 5.41) is 0. The first-order valence-electron chi connectivity index (χ1n) is 5.94. The van der Waals surface area contributed by atoms with Gasteiger partial charge in [-0.3, -0.25) is 0 Å². The molecule has 0 spiro atoms. The molecule has 1 aliphatic rings. The SMILES string of the molecule is CC1CC1CN(C)S(=O)(=O)c1cc(Br)cnc1NN. The van der Waals surface area contributed by atoms with Gasteiger partial charge in [-0.2, -0.15) is 0 Å². The largest absolute Gasteiger partial charge is 0.307 e. The predicted octanol–water partition coefficient (Wildman–Crippen LogP) is 1.41. The van der Waals surface area contributed by atoms with E-state index in [0.29, 0.717) is 22.9 Å². The van der Waals surface area contributed by atoms with Crippen molar-refractivity contribution in [2.24, 2.45) is 17.7 Å². The third-order valence-electron chi connectivity index (χ3n) is 3.41. The third kappa shape index (κ3) is 3.07. The minimum Gasteiger partial charge on any atom is -0.307 e. The zero-order valence-corrected chi connectivity index (χ0v) is 13.2. The van der Waals surface area contributed by atoms with Crippen LogP contribution in [0.5, 0.6) is 0 Å². The molecular weight excluding hydrogens is 332 g/mol. The van der Waals surface area contributed by atoms with Crippen LogP contribution in [0.1, 0.15) is 13.3 Å². The lowest BCUT2D eigenvalue weighted by Gasteiger charge is -2.18. The summed E-state index contributed by atoms with van der Waals surface area (Å²) in [7, 11) is -2.00. The molecule has 6 nitrogen and oxygen atoms in total. The van der Waals surface area contributed by atoms with E-state index in [1.165, 1.54) is 16.6 Å². The fourth-order valence-corrected chi connectivity index (χ4v) is 3.81. The Hall–Kier alpha value is -0.700. The van der Waals surface area contributed by atoms with Crippen LogP contribution >= 0.6 is 15.9 Å². The van der Waals surface area contributed by atoms with Crippen molar-refractivity contribution < 1.29 is 8.42 Å². The first kappa shape index (κ1) is 14.7. The standard InChI is InChI=1S/C11H17BrN4O2S/c1-7-3-8(7)6-16(2)19(17,18)10-4-9(12)5-14-11(10)15-13/h4-5,7-8H,3,6,13H2,1-2H3,(H,14,15). The summed E-state index contributed by atoms with van der Waals surface area (Å²) in [6, 6.07) is 1.50. The zero-order chi connectivity index (χ0) is 14.2. The number of nitrogens with one attached hydrogen (secondary N) is 1. The molecule has 8 heteroatoms. The highest BCUT2D eigenvalue weighted by Gasteiger charge is 2.36.